The van der Waals surface area contributed by atoms with Crippen LogP contribution >= 0.6 is 11.3 Å². The van der Waals surface area contributed by atoms with Crippen molar-refractivity contribution < 1.29 is 4.74 Å². The van der Waals surface area contributed by atoms with Crippen molar-refractivity contribution in [2.45, 2.75) is 12.8 Å². The second-order valence-corrected chi connectivity index (χ2v) is 5.73. The van der Waals surface area contributed by atoms with Gasteiger partial charge in [-0.2, -0.15) is 0 Å². The normalized spacial score (nSPS) is 11.1. The molecule has 2 nitrogen and oxygen atoms in total. The van der Waals surface area contributed by atoms with Crippen LogP contribution in [-0.4, -0.2) is 18.7 Å². The summed E-state index contributed by atoms with van der Waals surface area (Å²) in [5, 5.41) is 5.86. The zero-order valence-electron chi connectivity index (χ0n) is 11.5. The lowest BCUT2D eigenvalue weighted by Gasteiger charge is -2.01. The zero-order chi connectivity index (χ0) is 13.8. The van der Waals surface area contributed by atoms with Crippen LogP contribution in [-0.2, 0) is 11.2 Å². The number of hydrogen-bond donors (Lipinski definition) is 0. The summed E-state index contributed by atoms with van der Waals surface area (Å²) in [6.07, 6.45) is 2.02. The third-order valence-corrected chi connectivity index (χ3v) is 4.24. The topological polar surface area (TPSA) is 22.1 Å². The molecular formula is C17H17NOS. The number of fused-ring (bicyclic) bond motifs is 1. The molecular weight excluding hydrogens is 266 g/mol. The summed E-state index contributed by atoms with van der Waals surface area (Å²) in [6.45, 7) is 0.797. The summed E-state index contributed by atoms with van der Waals surface area (Å²) >= 11 is 1.73. The summed E-state index contributed by atoms with van der Waals surface area (Å²) in [5.74, 6) is 0. The van der Waals surface area contributed by atoms with E-state index in [1.54, 1.807) is 18.4 Å². The van der Waals surface area contributed by atoms with Crippen molar-refractivity contribution in [1.82, 2.24) is 4.98 Å². The maximum Gasteiger partial charge on any atom is 0.0933 e. The van der Waals surface area contributed by atoms with E-state index in [-0.39, 0.29) is 0 Å². The zero-order valence-corrected chi connectivity index (χ0v) is 12.3. The number of rotatable bonds is 5. The Labute approximate surface area is 123 Å². The van der Waals surface area contributed by atoms with Gasteiger partial charge in [-0.15, -0.1) is 11.3 Å². The van der Waals surface area contributed by atoms with E-state index in [0.717, 1.165) is 25.1 Å². The fourth-order valence-corrected chi connectivity index (χ4v) is 3.12. The van der Waals surface area contributed by atoms with Crippen LogP contribution in [0.15, 0.2) is 47.8 Å². The van der Waals surface area contributed by atoms with E-state index in [0.29, 0.717) is 0 Å². The molecule has 0 spiro atoms. The Morgan fingerprint density at radius 2 is 1.95 bits per heavy atom. The molecule has 0 aliphatic heterocycles. The Balaban J connectivity index is 1.83. The van der Waals surface area contributed by atoms with Crippen LogP contribution in [0.4, 0.5) is 0 Å². The maximum atomic E-state index is 5.08. The van der Waals surface area contributed by atoms with Gasteiger partial charge in [-0.3, -0.25) is 0 Å². The minimum Gasteiger partial charge on any atom is -0.385 e. The van der Waals surface area contributed by atoms with E-state index in [4.69, 9.17) is 9.72 Å². The average Bonchev–Trinajstić information content (AvgIpc) is 2.96. The summed E-state index contributed by atoms with van der Waals surface area (Å²) in [6, 6.07) is 14.9. The van der Waals surface area contributed by atoms with Gasteiger partial charge in [0.25, 0.3) is 0 Å². The Hall–Kier alpha value is -1.71. The van der Waals surface area contributed by atoms with Gasteiger partial charge in [0.2, 0.25) is 0 Å². The number of ether oxygens (including phenoxy) is 1. The fourth-order valence-electron chi connectivity index (χ4n) is 2.27. The van der Waals surface area contributed by atoms with Crippen LogP contribution in [0.3, 0.4) is 0 Å². The van der Waals surface area contributed by atoms with Crippen molar-refractivity contribution in [2.75, 3.05) is 13.7 Å². The van der Waals surface area contributed by atoms with Crippen molar-refractivity contribution in [3.8, 4) is 11.3 Å². The van der Waals surface area contributed by atoms with Gasteiger partial charge in [-0.25, -0.2) is 4.98 Å². The van der Waals surface area contributed by atoms with Gasteiger partial charge >= 0.3 is 0 Å². The molecule has 0 aliphatic rings. The number of aromatic nitrogens is 1. The van der Waals surface area contributed by atoms with Crippen molar-refractivity contribution >= 4 is 22.1 Å². The van der Waals surface area contributed by atoms with Gasteiger partial charge in [0.05, 0.1) is 10.7 Å². The molecule has 0 aliphatic carbocycles. The number of benzene rings is 2. The first-order valence-electron chi connectivity index (χ1n) is 6.79. The van der Waals surface area contributed by atoms with Gasteiger partial charge in [0.1, 0.15) is 0 Å². The number of nitrogens with zero attached hydrogens (tertiary/aromatic N) is 1. The van der Waals surface area contributed by atoms with Gasteiger partial charge in [0.15, 0.2) is 0 Å². The minimum absolute atomic E-state index is 0.797. The van der Waals surface area contributed by atoms with E-state index >= 15 is 0 Å². The van der Waals surface area contributed by atoms with Gasteiger partial charge in [0, 0.05) is 31.1 Å². The lowest BCUT2D eigenvalue weighted by Crippen LogP contribution is -1.92. The highest BCUT2D eigenvalue weighted by atomic mass is 32.1. The van der Waals surface area contributed by atoms with Crippen molar-refractivity contribution in [1.29, 1.82) is 0 Å². The molecule has 102 valence electrons. The lowest BCUT2D eigenvalue weighted by atomic mass is 10.1. The van der Waals surface area contributed by atoms with Gasteiger partial charge in [-0.05, 0) is 23.3 Å². The van der Waals surface area contributed by atoms with Crippen LogP contribution in [0.25, 0.3) is 22.0 Å². The molecule has 0 atom stereocenters. The molecule has 2 aromatic carbocycles. The second kappa shape index (κ2) is 6.16. The third-order valence-electron chi connectivity index (χ3n) is 3.34. The van der Waals surface area contributed by atoms with Crippen LogP contribution in [0.5, 0.6) is 0 Å². The lowest BCUT2D eigenvalue weighted by molar-refractivity contribution is 0.195. The molecule has 0 saturated heterocycles. The summed E-state index contributed by atoms with van der Waals surface area (Å²) in [4.78, 5) is 4.72. The van der Waals surface area contributed by atoms with E-state index in [1.165, 1.54) is 21.3 Å². The summed E-state index contributed by atoms with van der Waals surface area (Å²) in [5.41, 5.74) is 2.27. The maximum absolute atomic E-state index is 5.08. The average molecular weight is 283 g/mol. The number of methoxy groups -OCH3 is 1. The highest BCUT2D eigenvalue weighted by Crippen LogP contribution is 2.26. The largest absolute Gasteiger partial charge is 0.385 e. The molecule has 1 heterocycles. The number of aryl methyl sites for hydroxylation is 1. The first kappa shape index (κ1) is 13.3. The Morgan fingerprint density at radius 1 is 1.10 bits per heavy atom. The van der Waals surface area contributed by atoms with Crippen molar-refractivity contribution in [3.63, 3.8) is 0 Å². The van der Waals surface area contributed by atoms with Crippen LogP contribution in [0.2, 0.25) is 0 Å². The number of hydrogen-bond acceptors (Lipinski definition) is 3. The standard InChI is InChI=1S/C17H17NOS/c1-19-10-4-7-17-18-16(12-20-17)15-9-8-13-5-2-3-6-14(13)11-15/h2-3,5-6,8-9,11-12H,4,7,10H2,1H3. The van der Waals surface area contributed by atoms with Gasteiger partial charge < -0.3 is 4.74 Å². The first-order valence-corrected chi connectivity index (χ1v) is 7.67. The quantitative estimate of drug-likeness (QED) is 0.641. The highest BCUT2D eigenvalue weighted by molar-refractivity contribution is 7.09. The van der Waals surface area contributed by atoms with Crippen LogP contribution < -0.4 is 0 Å². The molecule has 1 aromatic heterocycles. The minimum atomic E-state index is 0.797. The summed E-state index contributed by atoms with van der Waals surface area (Å²) in [7, 11) is 1.74. The Bertz CT molecular complexity index is 705. The molecule has 0 amide bonds. The number of thiazole rings is 1. The first-order chi connectivity index (χ1) is 9.86. The Kier molecular flexibility index (Phi) is 4.09. The fraction of sp³-hybridized carbons (Fsp3) is 0.235. The molecule has 20 heavy (non-hydrogen) atoms. The van der Waals surface area contributed by atoms with E-state index < -0.39 is 0 Å². The molecule has 0 N–H and O–H groups in total. The molecule has 0 bridgehead atoms. The molecule has 0 saturated carbocycles. The van der Waals surface area contributed by atoms with Crippen LogP contribution in [0, 0.1) is 0 Å². The monoisotopic (exact) mass is 283 g/mol. The molecule has 0 radical (unpaired) electrons. The molecule has 3 heteroatoms. The Morgan fingerprint density at radius 3 is 2.80 bits per heavy atom. The highest BCUT2D eigenvalue weighted by Gasteiger charge is 2.05. The summed E-state index contributed by atoms with van der Waals surface area (Å²) < 4.78 is 5.08. The molecule has 3 rings (SSSR count). The van der Waals surface area contributed by atoms with E-state index in [1.807, 2.05) is 0 Å². The van der Waals surface area contributed by atoms with Crippen molar-refractivity contribution in [2.24, 2.45) is 0 Å². The predicted octanol–water partition coefficient (Wildman–Crippen LogP) is 4.54. The SMILES string of the molecule is COCCCc1nc(-c2ccc3ccccc3c2)cs1. The van der Waals surface area contributed by atoms with Crippen molar-refractivity contribution in [3.05, 3.63) is 52.9 Å². The smallest absolute Gasteiger partial charge is 0.0933 e. The molecule has 3 aromatic rings. The molecule has 0 unspecified atom stereocenters. The van der Waals surface area contributed by atoms with E-state index in [9.17, 15) is 0 Å². The predicted molar refractivity (Wildman–Crippen MR) is 85.3 cm³/mol. The second-order valence-electron chi connectivity index (χ2n) is 4.78. The van der Waals surface area contributed by atoms with Gasteiger partial charge in [-0.1, -0.05) is 36.4 Å². The van der Waals surface area contributed by atoms with Crippen LogP contribution in [0.1, 0.15) is 11.4 Å². The van der Waals surface area contributed by atoms with E-state index in [2.05, 4.69) is 47.8 Å². The molecule has 0 fully saturated rings. The third kappa shape index (κ3) is 2.89.